The number of hydrogen-bond acceptors (Lipinski definition) is 15. The standard InChI is InChI=1S/C85H142O17P2/c1-5-9-13-17-21-25-29-33-35-37-39-41-43-47-50-54-58-62-66-70-83(88)96-76-81(102-85(90)72-68-64-60-56-52-48-44-42-40-38-36-34-30-26-22-18-14-10-6-2)78-100-104(93,94)98-74-79(86)73-97-103(91,92)99-77-80(101-84(89)71-67-63-59-55-51-46-32-28-24-20-16-12-8-4)75-95-82(87)69-65-61-57-53-49-45-31-27-23-19-15-11-7-3/h9-10,13-15,19,21-22,25-27,31,33-36,39-42,47-48,50,52,79-81,86H,5-8,11-12,16-18,20,23-24,28-30,32,37-38,43-46,49,51,53-78H2,1-4H3,(H,91,92)(H,93,94)/b13-9-,14-10-,19-15-,25-21-,26-22-,31-27-,35-33-,36-34-,41-39-,42-40-,50-47-,52-48-. The molecule has 0 fully saturated rings. The summed E-state index contributed by atoms with van der Waals surface area (Å²) in [5, 5.41) is 10.6. The molecule has 104 heavy (non-hydrogen) atoms. The minimum absolute atomic E-state index is 0.0435. The van der Waals surface area contributed by atoms with E-state index in [9.17, 15) is 43.2 Å². The summed E-state index contributed by atoms with van der Waals surface area (Å²) >= 11 is 0. The molecule has 0 aliphatic carbocycles. The lowest BCUT2D eigenvalue weighted by Crippen LogP contribution is -2.30. The van der Waals surface area contributed by atoms with Gasteiger partial charge in [0.1, 0.15) is 19.3 Å². The van der Waals surface area contributed by atoms with E-state index in [4.69, 9.17) is 37.0 Å². The van der Waals surface area contributed by atoms with Crippen molar-refractivity contribution in [3.05, 3.63) is 146 Å². The van der Waals surface area contributed by atoms with Gasteiger partial charge in [0.15, 0.2) is 12.2 Å². The first-order valence-corrected chi connectivity index (χ1v) is 43.1. The zero-order valence-corrected chi connectivity index (χ0v) is 66.7. The molecule has 19 heteroatoms. The van der Waals surface area contributed by atoms with E-state index in [0.717, 1.165) is 180 Å². The van der Waals surface area contributed by atoms with Crippen LogP contribution in [0, 0.1) is 0 Å². The number of phosphoric acid groups is 2. The quantitative estimate of drug-likeness (QED) is 0.0169. The highest BCUT2D eigenvalue weighted by Gasteiger charge is 2.30. The van der Waals surface area contributed by atoms with Gasteiger partial charge < -0.3 is 33.8 Å². The van der Waals surface area contributed by atoms with E-state index in [1.807, 2.05) is 0 Å². The van der Waals surface area contributed by atoms with Crippen LogP contribution in [0.1, 0.15) is 310 Å². The van der Waals surface area contributed by atoms with Gasteiger partial charge in [-0.25, -0.2) is 9.13 Å². The van der Waals surface area contributed by atoms with Gasteiger partial charge in [0.25, 0.3) is 0 Å². The fourth-order valence-electron chi connectivity index (χ4n) is 10.3. The van der Waals surface area contributed by atoms with Gasteiger partial charge in [-0.3, -0.25) is 37.3 Å². The molecule has 0 aromatic carbocycles. The maximum atomic E-state index is 13.1. The number of aliphatic hydroxyl groups is 1. The first kappa shape index (κ1) is 98.9. The van der Waals surface area contributed by atoms with E-state index < -0.39 is 97.5 Å². The SMILES string of the molecule is CC/C=C\C/C=C\C/C=C\C/C=C\C/C=C\CCCCCC(=O)OCC(COP(=O)(O)OCC(O)COP(=O)(O)OCC(COC(=O)CCCCCCC/C=C\C/C=C\CCC)OC(=O)CCCCCCCCCCCCCCC)OC(=O)CCCCC/C=C\C/C=C\C/C=C\C/C=C\C/C=C\CC. The summed E-state index contributed by atoms with van der Waals surface area (Å²) < 4.78 is 68.6. The molecule has 5 unspecified atom stereocenters. The van der Waals surface area contributed by atoms with Crippen LogP contribution in [-0.2, 0) is 65.4 Å². The molecule has 17 nitrogen and oxygen atoms in total. The number of hydrogen-bond donors (Lipinski definition) is 3. The normalized spacial score (nSPS) is 14.6. The molecule has 0 aliphatic heterocycles. The molecule has 3 N–H and O–H groups in total. The van der Waals surface area contributed by atoms with Gasteiger partial charge in [0, 0.05) is 25.7 Å². The van der Waals surface area contributed by atoms with Crippen LogP contribution in [0.5, 0.6) is 0 Å². The average Bonchev–Trinajstić information content (AvgIpc) is 0.906. The number of rotatable bonds is 74. The molecule has 0 saturated heterocycles. The molecule has 0 amide bonds. The third-order valence-electron chi connectivity index (χ3n) is 16.3. The van der Waals surface area contributed by atoms with Crippen LogP contribution in [0.25, 0.3) is 0 Å². The second kappa shape index (κ2) is 76.1. The van der Waals surface area contributed by atoms with E-state index in [-0.39, 0.29) is 25.7 Å². The highest BCUT2D eigenvalue weighted by Crippen LogP contribution is 2.45. The average molecular weight is 1500 g/mol. The highest BCUT2D eigenvalue weighted by atomic mass is 31.2. The number of unbranched alkanes of at least 4 members (excludes halogenated alkanes) is 24. The summed E-state index contributed by atoms with van der Waals surface area (Å²) in [6, 6.07) is 0. The van der Waals surface area contributed by atoms with Crippen molar-refractivity contribution >= 4 is 39.5 Å². The number of esters is 4. The van der Waals surface area contributed by atoms with Crippen molar-refractivity contribution in [1.29, 1.82) is 0 Å². The van der Waals surface area contributed by atoms with Crippen LogP contribution in [0.4, 0.5) is 0 Å². The number of allylic oxidation sites excluding steroid dienone is 24. The van der Waals surface area contributed by atoms with Crippen molar-refractivity contribution in [2.75, 3.05) is 39.6 Å². The Morgan fingerprint density at radius 3 is 0.817 bits per heavy atom. The van der Waals surface area contributed by atoms with Crippen molar-refractivity contribution < 1.29 is 80.2 Å². The summed E-state index contributed by atoms with van der Waals surface area (Å²) in [4.78, 5) is 73.0. The van der Waals surface area contributed by atoms with Crippen LogP contribution in [-0.4, -0.2) is 96.7 Å². The monoisotopic (exact) mass is 1500 g/mol. The second-order valence-electron chi connectivity index (χ2n) is 26.2. The van der Waals surface area contributed by atoms with Gasteiger partial charge in [0.05, 0.1) is 26.4 Å². The number of carbonyl (C=O) groups is 4. The molecule has 0 heterocycles. The molecule has 0 aromatic rings. The Labute approximate surface area is 630 Å². The van der Waals surface area contributed by atoms with Crippen LogP contribution in [0.2, 0.25) is 0 Å². The van der Waals surface area contributed by atoms with E-state index in [1.54, 1.807) is 0 Å². The molecular formula is C85H142O17P2. The van der Waals surface area contributed by atoms with E-state index in [0.29, 0.717) is 25.7 Å². The lowest BCUT2D eigenvalue weighted by Gasteiger charge is -2.21. The predicted octanol–water partition coefficient (Wildman–Crippen LogP) is 23.4. The van der Waals surface area contributed by atoms with Crippen LogP contribution in [0.3, 0.4) is 0 Å². The van der Waals surface area contributed by atoms with Crippen molar-refractivity contribution in [3.63, 3.8) is 0 Å². The van der Waals surface area contributed by atoms with Crippen molar-refractivity contribution in [2.45, 2.75) is 329 Å². The number of carbonyl (C=O) groups excluding carboxylic acids is 4. The Bertz CT molecular complexity index is 2540. The molecule has 5 atom stereocenters. The number of ether oxygens (including phenoxy) is 4. The first-order valence-electron chi connectivity index (χ1n) is 40.1. The third kappa shape index (κ3) is 75.2. The first-order chi connectivity index (χ1) is 50.7. The summed E-state index contributed by atoms with van der Waals surface area (Å²) in [5.41, 5.74) is 0. The van der Waals surface area contributed by atoms with Crippen LogP contribution < -0.4 is 0 Å². The molecule has 0 aliphatic rings. The maximum Gasteiger partial charge on any atom is 0.472 e. The van der Waals surface area contributed by atoms with Gasteiger partial charge in [-0.2, -0.15) is 0 Å². The summed E-state index contributed by atoms with van der Waals surface area (Å²) in [6.45, 7) is 4.50. The fraction of sp³-hybridized carbons (Fsp3) is 0.671. The maximum absolute atomic E-state index is 13.1. The second-order valence-corrected chi connectivity index (χ2v) is 29.2. The molecular weight excluding hydrogens is 1350 g/mol. The highest BCUT2D eigenvalue weighted by molar-refractivity contribution is 7.47. The molecule has 594 valence electrons. The predicted molar refractivity (Wildman–Crippen MR) is 427 cm³/mol. The Hall–Kier alpha value is -5.06. The smallest absolute Gasteiger partial charge is 0.462 e. The minimum atomic E-state index is -5.00. The van der Waals surface area contributed by atoms with E-state index in [1.165, 1.54) is 51.4 Å². The topological polar surface area (TPSA) is 237 Å². The Balaban J connectivity index is 5.44. The van der Waals surface area contributed by atoms with Gasteiger partial charge >= 0.3 is 39.5 Å². The Kier molecular flexibility index (Phi) is 72.4. The zero-order chi connectivity index (χ0) is 76.0. The molecule has 0 bridgehead atoms. The van der Waals surface area contributed by atoms with Crippen molar-refractivity contribution in [3.8, 4) is 0 Å². The van der Waals surface area contributed by atoms with Crippen LogP contribution >= 0.6 is 15.6 Å². The third-order valence-corrected chi connectivity index (χ3v) is 18.2. The Morgan fingerprint density at radius 2 is 0.519 bits per heavy atom. The van der Waals surface area contributed by atoms with E-state index >= 15 is 0 Å². The molecule has 0 spiro atoms. The lowest BCUT2D eigenvalue weighted by atomic mass is 10.0. The molecule has 0 saturated carbocycles. The Morgan fingerprint density at radius 1 is 0.279 bits per heavy atom. The van der Waals surface area contributed by atoms with Crippen molar-refractivity contribution in [1.82, 2.24) is 0 Å². The summed E-state index contributed by atoms with van der Waals surface area (Å²) in [5.74, 6) is -2.26. The van der Waals surface area contributed by atoms with Gasteiger partial charge in [-0.15, -0.1) is 0 Å². The fourth-order valence-corrected chi connectivity index (χ4v) is 11.8. The van der Waals surface area contributed by atoms with Gasteiger partial charge in [0.2, 0.25) is 0 Å². The van der Waals surface area contributed by atoms with Gasteiger partial charge in [-0.1, -0.05) is 289 Å². The number of phosphoric ester groups is 2. The lowest BCUT2D eigenvalue weighted by molar-refractivity contribution is -0.161. The summed E-state index contributed by atoms with van der Waals surface area (Å²) in [6.07, 6.45) is 86.8. The van der Waals surface area contributed by atoms with Crippen LogP contribution in [0.15, 0.2) is 146 Å². The largest absolute Gasteiger partial charge is 0.472 e. The van der Waals surface area contributed by atoms with E-state index in [2.05, 4.69) is 174 Å². The van der Waals surface area contributed by atoms with Crippen molar-refractivity contribution in [2.24, 2.45) is 0 Å². The number of aliphatic hydroxyl groups excluding tert-OH is 1. The minimum Gasteiger partial charge on any atom is -0.462 e. The van der Waals surface area contributed by atoms with Gasteiger partial charge in [-0.05, 0) is 141 Å². The molecule has 0 aromatic heterocycles. The molecule has 0 radical (unpaired) electrons. The zero-order valence-electron chi connectivity index (χ0n) is 64.9. The summed E-state index contributed by atoms with van der Waals surface area (Å²) in [7, 11) is -9.99. The molecule has 0 rings (SSSR count).